The number of hydrogen-bond donors (Lipinski definition) is 1. The maximum absolute atomic E-state index is 8.69. The monoisotopic (exact) mass is 230 g/mol. The van der Waals surface area contributed by atoms with Crippen molar-refractivity contribution in [1.82, 2.24) is 0 Å². The van der Waals surface area contributed by atoms with Crippen molar-refractivity contribution in [3.63, 3.8) is 0 Å². The summed E-state index contributed by atoms with van der Waals surface area (Å²) in [6.07, 6.45) is 4.39. The quantitative estimate of drug-likeness (QED) is 0.788. The standard InChI is InChI=1S/C15H18O2/c16-11-4-3-6-14-5-1-2-7-15(14)17-12-10-13-8-9-13/h1-2,5,7,13,16H,4,8-12H2. The highest BCUT2D eigenvalue weighted by Gasteiger charge is 2.20. The molecule has 1 aliphatic rings. The Balaban J connectivity index is 1.92. The van der Waals surface area contributed by atoms with E-state index in [1.54, 1.807) is 0 Å². The van der Waals surface area contributed by atoms with Crippen LogP contribution in [0.3, 0.4) is 0 Å². The highest BCUT2D eigenvalue weighted by molar-refractivity contribution is 5.45. The zero-order chi connectivity index (χ0) is 11.9. The molecule has 1 N–H and O–H groups in total. The van der Waals surface area contributed by atoms with E-state index in [0.717, 1.165) is 30.3 Å². The predicted molar refractivity (Wildman–Crippen MR) is 67.9 cm³/mol. The lowest BCUT2D eigenvalue weighted by Gasteiger charge is -2.07. The molecule has 1 saturated carbocycles. The topological polar surface area (TPSA) is 29.5 Å². The molecule has 1 fully saturated rings. The molecule has 0 spiro atoms. The van der Waals surface area contributed by atoms with Crippen molar-refractivity contribution < 1.29 is 9.84 Å². The molecule has 0 aromatic heterocycles. The van der Waals surface area contributed by atoms with Gasteiger partial charge in [0.1, 0.15) is 5.75 Å². The SMILES string of the molecule is OCCC#Cc1ccccc1OCCC1CC1. The van der Waals surface area contributed by atoms with Crippen molar-refractivity contribution in [2.45, 2.75) is 25.7 Å². The number of rotatable bonds is 5. The van der Waals surface area contributed by atoms with Crippen LogP contribution in [0.15, 0.2) is 24.3 Å². The van der Waals surface area contributed by atoms with E-state index in [4.69, 9.17) is 9.84 Å². The van der Waals surface area contributed by atoms with Gasteiger partial charge < -0.3 is 9.84 Å². The van der Waals surface area contributed by atoms with E-state index in [2.05, 4.69) is 11.8 Å². The number of ether oxygens (including phenoxy) is 1. The molecular weight excluding hydrogens is 212 g/mol. The Kier molecular flexibility index (Phi) is 4.46. The van der Waals surface area contributed by atoms with Crippen LogP contribution in [0.4, 0.5) is 0 Å². The van der Waals surface area contributed by atoms with Crippen LogP contribution in [-0.4, -0.2) is 18.3 Å². The Hall–Kier alpha value is -1.46. The van der Waals surface area contributed by atoms with Crippen molar-refractivity contribution in [3.05, 3.63) is 29.8 Å². The van der Waals surface area contributed by atoms with Crippen LogP contribution in [0.25, 0.3) is 0 Å². The van der Waals surface area contributed by atoms with E-state index in [1.807, 2.05) is 24.3 Å². The molecule has 0 aliphatic heterocycles. The second kappa shape index (κ2) is 6.32. The Labute approximate surface area is 103 Å². The van der Waals surface area contributed by atoms with Gasteiger partial charge in [0.2, 0.25) is 0 Å². The summed E-state index contributed by atoms with van der Waals surface area (Å²) in [6, 6.07) is 7.83. The third-order valence-corrected chi connectivity index (χ3v) is 2.83. The molecule has 1 aromatic rings. The Morgan fingerprint density at radius 2 is 2.12 bits per heavy atom. The van der Waals surface area contributed by atoms with Crippen LogP contribution in [0.2, 0.25) is 0 Å². The van der Waals surface area contributed by atoms with Gasteiger partial charge in [-0.2, -0.15) is 0 Å². The molecule has 0 saturated heterocycles. The van der Waals surface area contributed by atoms with Gasteiger partial charge in [-0.1, -0.05) is 36.8 Å². The molecule has 0 radical (unpaired) electrons. The van der Waals surface area contributed by atoms with E-state index >= 15 is 0 Å². The summed E-state index contributed by atoms with van der Waals surface area (Å²) >= 11 is 0. The molecule has 1 aromatic carbocycles. The van der Waals surface area contributed by atoms with E-state index in [-0.39, 0.29) is 6.61 Å². The van der Waals surface area contributed by atoms with E-state index in [1.165, 1.54) is 12.8 Å². The normalized spacial score (nSPS) is 13.9. The molecule has 2 rings (SSSR count). The van der Waals surface area contributed by atoms with Crippen molar-refractivity contribution in [1.29, 1.82) is 0 Å². The van der Waals surface area contributed by atoms with Crippen LogP contribution >= 0.6 is 0 Å². The Bertz CT molecular complexity index is 410. The average Bonchev–Trinajstić information content (AvgIpc) is 3.15. The van der Waals surface area contributed by atoms with Crippen LogP contribution in [0.1, 0.15) is 31.2 Å². The Morgan fingerprint density at radius 3 is 2.88 bits per heavy atom. The second-order valence-corrected chi connectivity index (χ2v) is 4.35. The molecular formula is C15H18O2. The minimum Gasteiger partial charge on any atom is -0.492 e. The van der Waals surface area contributed by atoms with E-state index in [0.29, 0.717) is 6.42 Å². The summed E-state index contributed by atoms with van der Waals surface area (Å²) in [5.41, 5.74) is 0.914. The first-order valence-corrected chi connectivity index (χ1v) is 6.21. The number of benzene rings is 1. The van der Waals surface area contributed by atoms with Gasteiger partial charge in [0.15, 0.2) is 0 Å². The lowest BCUT2D eigenvalue weighted by molar-refractivity contribution is 0.301. The van der Waals surface area contributed by atoms with Crippen molar-refractivity contribution in [2.24, 2.45) is 5.92 Å². The number of para-hydroxylation sites is 1. The van der Waals surface area contributed by atoms with E-state index in [9.17, 15) is 0 Å². The minimum atomic E-state index is 0.109. The molecule has 0 amide bonds. The molecule has 0 heterocycles. The smallest absolute Gasteiger partial charge is 0.134 e. The van der Waals surface area contributed by atoms with Crippen LogP contribution in [-0.2, 0) is 0 Å². The van der Waals surface area contributed by atoms with Gasteiger partial charge in [0.25, 0.3) is 0 Å². The first-order chi connectivity index (χ1) is 8.40. The number of aliphatic hydroxyl groups is 1. The molecule has 0 atom stereocenters. The van der Waals surface area contributed by atoms with E-state index < -0.39 is 0 Å². The van der Waals surface area contributed by atoms with Crippen LogP contribution < -0.4 is 4.74 Å². The fourth-order valence-corrected chi connectivity index (χ4v) is 1.65. The van der Waals surface area contributed by atoms with Gasteiger partial charge in [-0.3, -0.25) is 0 Å². The zero-order valence-electron chi connectivity index (χ0n) is 9.98. The number of aliphatic hydroxyl groups excluding tert-OH is 1. The molecule has 0 bridgehead atoms. The third kappa shape index (κ3) is 4.13. The van der Waals surface area contributed by atoms with Gasteiger partial charge >= 0.3 is 0 Å². The zero-order valence-corrected chi connectivity index (χ0v) is 9.98. The summed E-state index contributed by atoms with van der Waals surface area (Å²) in [5, 5.41) is 8.69. The maximum Gasteiger partial charge on any atom is 0.134 e. The number of hydrogen-bond acceptors (Lipinski definition) is 2. The molecule has 2 nitrogen and oxygen atoms in total. The fraction of sp³-hybridized carbons (Fsp3) is 0.467. The second-order valence-electron chi connectivity index (χ2n) is 4.35. The predicted octanol–water partition coefficient (Wildman–Crippen LogP) is 2.60. The van der Waals surface area contributed by atoms with Crippen molar-refractivity contribution >= 4 is 0 Å². The first kappa shape index (κ1) is 12.0. The highest BCUT2D eigenvalue weighted by atomic mass is 16.5. The van der Waals surface area contributed by atoms with Gasteiger partial charge in [-0.05, 0) is 24.5 Å². The van der Waals surface area contributed by atoms with Crippen molar-refractivity contribution in [2.75, 3.05) is 13.2 Å². The molecule has 0 unspecified atom stereocenters. The fourth-order valence-electron chi connectivity index (χ4n) is 1.65. The molecule has 1 aliphatic carbocycles. The Morgan fingerprint density at radius 1 is 1.29 bits per heavy atom. The summed E-state index contributed by atoms with van der Waals surface area (Å²) in [7, 11) is 0. The van der Waals surface area contributed by atoms with Gasteiger partial charge in [0.05, 0.1) is 18.8 Å². The van der Waals surface area contributed by atoms with Crippen LogP contribution in [0.5, 0.6) is 5.75 Å². The first-order valence-electron chi connectivity index (χ1n) is 6.21. The van der Waals surface area contributed by atoms with Crippen molar-refractivity contribution in [3.8, 4) is 17.6 Å². The van der Waals surface area contributed by atoms with Gasteiger partial charge in [0, 0.05) is 6.42 Å². The summed E-state index contributed by atoms with van der Waals surface area (Å²) in [6.45, 7) is 0.890. The van der Waals surface area contributed by atoms with Gasteiger partial charge in [-0.15, -0.1) is 0 Å². The maximum atomic E-state index is 8.69. The van der Waals surface area contributed by atoms with Gasteiger partial charge in [-0.25, -0.2) is 0 Å². The lowest BCUT2D eigenvalue weighted by atomic mass is 10.2. The summed E-state index contributed by atoms with van der Waals surface area (Å²) in [5.74, 6) is 7.71. The minimum absolute atomic E-state index is 0.109. The summed E-state index contributed by atoms with van der Waals surface area (Å²) in [4.78, 5) is 0. The van der Waals surface area contributed by atoms with Crippen LogP contribution in [0, 0.1) is 17.8 Å². The molecule has 2 heteroatoms. The third-order valence-electron chi connectivity index (χ3n) is 2.83. The lowest BCUT2D eigenvalue weighted by Crippen LogP contribution is -1.99. The highest BCUT2D eigenvalue weighted by Crippen LogP contribution is 2.32. The molecule has 17 heavy (non-hydrogen) atoms. The average molecular weight is 230 g/mol. The molecule has 90 valence electrons. The largest absolute Gasteiger partial charge is 0.492 e. The summed E-state index contributed by atoms with van der Waals surface area (Å²) < 4.78 is 5.75.